The summed E-state index contributed by atoms with van der Waals surface area (Å²) in [7, 11) is -4.96. The predicted molar refractivity (Wildman–Crippen MR) is 169 cm³/mol. The zero-order valence-corrected chi connectivity index (χ0v) is 26.9. The molecule has 0 N–H and O–H groups in total. The molecule has 2 aliphatic rings. The quantitative estimate of drug-likeness (QED) is 0.144. The van der Waals surface area contributed by atoms with Crippen LogP contribution in [0.4, 0.5) is 5.69 Å². The summed E-state index contributed by atoms with van der Waals surface area (Å²) in [5.74, 6) is 0.616. The maximum Gasteiger partial charge on any atom is 0.458 e. The zero-order valence-electron chi connectivity index (χ0n) is 24.5. The molecule has 3 aromatic rings. The first-order valence-electron chi connectivity index (χ1n) is 14.0. The number of rotatable bonds is 9. The van der Waals surface area contributed by atoms with Crippen molar-refractivity contribution in [2.24, 2.45) is 5.41 Å². The van der Waals surface area contributed by atoms with Crippen LogP contribution in [0, 0.1) is 15.5 Å². The van der Waals surface area contributed by atoms with Gasteiger partial charge in [-0.2, -0.15) is 4.31 Å². The van der Waals surface area contributed by atoms with E-state index < -0.39 is 44.4 Å². The van der Waals surface area contributed by atoms with Gasteiger partial charge in [0.2, 0.25) is 10.0 Å². The number of nitro benzene ring substituents is 1. The lowest BCUT2D eigenvalue weighted by Gasteiger charge is -2.41. The van der Waals surface area contributed by atoms with E-state index in [2.05, 4.69) is 22.0 Å². The SMILES string of the molecule is CC1(C)OB(C[C@@]2(COc3ccc(Br)cc3)C=C(c3ccccc3)CN(S(=O)(=O)c3ccccc3[N+](=O)[O-])C2)OC1(C)C. The minimum Gasteiger partial charge on any atom is -0.493 e. The van der Waals surface area contributed by atoms with Crippen LogP contribution in [0.3, 0.4) is 0 Å². The molecular formula is C31H34BBrN2O7S. The Labute approximate surface area is 261 Å². The molecule has 9 nitrogen and oxygen atoms in total. The Morgan fingerprint density at radius 1 is 0.953 bits per heavy atom. The first-order chi connectivity index (χ1) is 20.2. The van der Waals surface area contributed by atoms with Crippen molar-refractivity contribution in [2.45, 2.75) is 50.1 Å². The van der Waals surface area contributed by atoms with Crippen LogP contribution in [0.1, 0.15) is 33.3 Å². The molecule has 0 aliphatic carbocycles. The van der Waals surface area contributed by atoms with Crippen LogP contribution >= 0.6 is 15.9 Å². The van der Waals surface area contributed by atoms with Gasteiger partial charge >= 0.3 is 7.12 Å². The Balaban J connectivity index is 1.61. The predicted octanol–water partition coefficient (Wildman–Crippen LogP) is 6.60. The van der Waals surface area contributed by atoms with E-state index in [1.165, 1.54) is 28.6 Å². The van der Waals surface area contributed by atoms with E-state index in [-0.39, 0.29) is 30.9 Å². The summed E-state index contributed by atoms with van der Waals surface area (Å²) in [4.78, 5) is 10.8. The molecule has 1 saturated heterocycles. The number of nitrogens with zero attached hydrogens (tertiary/aromatic N) is 2. The average molecular weight is 669 g/mol. The summed E-state index contributed by atoms with van der Waals surface area (Å²) in [6, 6.07) is 22.3. The number of ether oxygens (including phenoxy) is 1. The standard InChI is InChI=1S/C31H34BBrN2O7S/c1-29(2)30(3,4)42-32(41-29)20-31(22-40-26-16-14-25(33)15-17-26)18-24(23-10-6-5-7-11-23)19-34(21-31)43(38,39)28-13-9-8-12-27(28)35(36)37/h5-18H,19-22H2,1-4H3/t31-/m0/s1. The van der Waals surface area contributed by atoms with E-state index in [1.807, 2.05) is 82.3 Å². The summed E-state index contributed by atoms with van der Waals surface area (Å²) >= 11 is 3.45. The number of hydrogen-bond acceptors (Lipinski definition) is 7. The molecule has 0 saturated carbocycles. The van der Waals surface area contributed by atoms with E-state index in [9.17, 15) is 18.5 Å². The van der Waals surface area contributed by atoms with Crippen molar-refractivity contribution in [3.63, 3.8) is 0 Å². The zero-order chi connectivity index (χ0) is 31.0. The maximum atomic E-state index is 14.2. The minimum atomic E-state index is -4.31. The molecule has 0 unspecified atom stereocenters. The lowest BCUT2D eigenvalue weighted by atomic mass is 9.66. The highest BCUT2D eigenvalue weighted by Gasteiger charge is 2.54. The van der Waals surface area contributed by atoms with E-state index in [1.54, 1.807) is 0 Å². The number of hydrogen-bond donors (Lipinski definition) is 0. The van der Waals surface area contributed by atoms with E-state index >= 15 is 0 Å². The number of nitro groups is 1. The fraction of sp³-hybridized carbons (Fsp3) is 0.355. The number of sulfonamides is 1. The van der Waals surface area contributed by atoms with Crippen molar-refractivity contribution < 1.29 is 27.4 Å². The highest BCUT2D eigenvalue weighted by molar-refractivity contribution is 9.10. The van der Waals surface area contributed by atoms with E-state index in [0.29, 0.717) is 5.75 Å². The molecule has 1 fully saturated rings. The molecule has 1 atom stereocenters. The Kier molecular flexibility index (Phi) is 8.63. The molecule has 43 heavy (non-hydrogen) atoms. The van der Waals surface area contributed by atoms with Crippen molar-refractivity contribution in [2.75, 3.05) is 19.7 Å². The molecule has 2 heterocycles. The Hall–Kier alpha value is -3.03. The van der Waals surface area contributed by atoms with Crippen LogP contribution in [-0.2, 0) is 19.3 Å². The van der Waals surface area contributed by atoms with Crippen LogP contribution in [0.5, 0.6) is 5.75 Å². The first-order valence-corrected chi connectivity index (χ1v) is 16.2. The van der Waals surface area contributed by atoms with Gasteiger partial charge in [-0.1, -0.05) is 64.5 Å². The second kappa shape index (κ2) is 11.8. The first kappa shape index (κ1) is 31.4. The highest BCUT2D eigenvalue weighted by atomic mass is 79.9. The van der Waals surface area contributed by atoms with E-state index in [0.717, 1.165) is 15.6 Å². The Morgan fingerprint density at radius 3 is 2.19 bits per heavy atom. The van der Waals surface area contributed by atoms with Gasteiger partial charge in [0.15, 0.2) is 4.90 Å². The number of benzene rings is 3. The molecule has 2 aliphatic heterocycles. The Bertz CT molecular complexity index is 1620. The topological polar surface area (TPSA) is 108 Å². The van der Waals surface area contributed by atoms with E-state index in [4.69, 9.17) is 14.0 Å². The second-order valence-corrected chi connectivity index (χ2v) is 14.9. The summed E-state index contributed by atoms with van der Waals surface area (Å²) < 4.78 is 49.7. The summed E-state index contributed by atoms with van der Waals surface area (Å²) in [6.45, 7) is 8.01. The van der Waals surface area contributed by atoms with Crippen molar-refractivity contribution in [3.8, 4) is 5.75 Å². The molecule has 0 bridgehead atoms. The molecule has 0 amide bonds. The van der Waals surface area contributed by atoms with Crippen LogP contribution in [0.15, 0.2) is 94.3 Å². The van der Waals surface area contributed by atoms with Crippen LogP contribution in [0.25, 0.3) is 5.57 Å². The average Bonchev–Trinajstić information content (AvgIpc) is 3.17. The van der Waals surface area contributed by atoms with Gasteiger partial charge in [-0.05, 0) is 75.5 Å². The Morgan fingerprint density at radius 2 is 1.56 bits per heavy atom. The minimum absolute atomic E-state index is 0.00167. The number of halogens is 1. The van der Waals surface area contributed by atoms with Crippen molar-refractivity contribution in [3.05, 3.63) is 105 Å². The smallest absolute Gasteiger partial charge is 0.458 e. The fourth-order valence-corrected chi connectivity index (χ4v) is 7.36. The summed E-state index contributed by atoms with van der Waals surface area (Å²) in [6.07, 6.45) is 2.35. The maximum absolute atomic E-state index is 14.2. The third kappa shape index (κ3) is 6.58. The van der Waals surface area contributed by atoms with Crippen molar-refractivity contribution in [1.82, 2.24) is 4.31 Å². The summed E-state index contributed by atoms with van der Waals surface area (Å²) in [5, 5.41) is 11.9. The lowest BCUT2D eigenvalue weighted by molar-refractivity contribution is -0.387. The van der Waals surface area contributed by atoms with Crippen LogP contribution in [0.2, 0.25) is 6.32 Å². The fourth-order valence-electron chi connectivity index (χ4n) is 5.43. The van der Waals surface area contributed by atoms with Crippen LogP contribution in [-0.4, -0.2) is 55.7 Å². The molecule has 0 radical (unpaired) electrons. The van der Waals surface area contributed by atoms with Gasteiger partial charge in [-0.15, -0.1) is 0 Å². The second-order valence-electron chi connectivity index (χ2n) is 12.0. The number of para-hydroxylation sites is 1. The molecule has 0 aromatic heterocycles. The van der Waals surface area contributed by atoms with Crippen LogP contribution < -0.4 is 4.74 Å². The van der Waals surface area contributed by atoms with Gasteiger partial charge in [0, 0.05) is 29.0 Å². The van der Waals surface area contributed by atoms with Crippen molar-refractivity contribution in [1.29, 1.82) is 0 Å². The van der Waals surface area contributed by atoms with Gasteiger partial charge in [-0.25, -0.2) is 8.42 Å². The summed E-state index contributed by atoms with van der Waals surface area (Å²) in [5.41, 5.74) is -0.989. The molecule has 5 rings (SSSR count). The van der Waals surface area contributed by atoms with Gasteiger partial charge in [0.1, 0.15) is 5.75 Å². The lowest BCUT2D eigenvalue weighted by Crippen LogP contribution is -2.49. The highest BCUT2D eigenvalue weighted by Crippen LogP contribution is 2.45. The third-order valence-electron chi connectivity index (χ3n) is 8.36. The van der Waals surface area contributed by atoms with Gasteiger partial charge in [-0.3, -0.25) is 10.1 Å². The van der Waals surface area contributed by atoms with Gasteiger partial charge in [0.25, 0.3) is 5.69 Å². The monoisotopic (exact) mass is 668 g/mol. The molecule has 3 aromatic carbocycles. The molecular weight excluding hydrogens is 635 g/mol. The van der Waals surface area contributed by atoms with Crippen molar-refractivity contribution >= 4 is 44.3 Å². The third-order valence-corrected chi connectivity index (χ3v) is 10.7. The van der Waals surface area contributed by atoms with Gasteiger partial charge in [0.05, 0.1) is 22.7 Å². The molecule has 12 heteroatoms. The molecule has 0 spiro atoms. The largest absolute Gasteiger partial charge is 0.493 e. The normalized spacial score (nSPS) is 21.8. The molecule has 226 valence electrons. The van der Waals surface area contributed by atoms with Gasteiger partial charge < -0.3 is 14.0 Å².